The van der Waals surface area contributed by atoms with Crippen molar-refractivity contribution < 1.29 is 9.47 Å². The number of rotatable bonds is 5. The minimum Gasteiger partial charge on any atom is -0.490 e. The highest BCUT2D eigenvalue weighted by molar-refractivity contribution is 5.92. The van der Waals surface area contributed by atoms with Crippen LogP contribution in [0.3, 0.4) is 0 Å². The quantitative estimate of drug-likeness (QED) is 0.633. The number of anilines is 2. The average Bonchev–Trinajstić information content (AvgIpc) is 2.85. The van der Waals surface area contributed by atoms with E-state index in [4.69, 9.17) is 9.47 Å². The Morgan fingerprint density at radius 1 is 1.12 bits per heavy atom. The predicted octanol–water partition coefficient (Wildman–Crippen LogP) is 3.24. The number of nitriles is 1. The Kier molecular flexibility index (Phi) is 6.17. The van der Waals surface area contributed by atoms with Crippen LogP contribution in [0.15, 0.2) is 30.7 Å². The summed E-state index contributed by atoms with van der Waals surface area (Å²) in [6, 6.07) is 8.51. The summed E-state index contributed by atoms with van der Waals surface area (Å²) in [6.07, 6.45) is 7.10. The first-order valence-electron chi connectivity index (χ1n) is 11.4. The Balaban J connectivity index is 1.34. The Morgan fingerprint density at radius 3 is 2.70 bits per heavy atom. The highest BCUT2D eigenvalue weighted by atomic mass is 16.5. The van der Waals surface area contributed by atoms with Crippen LogP contribution in [0.1, 0.15) is 37.2 Å². The van der Waals surface area contributed by atoms with Crippen molar-refractivity contribution in [3.8, 4) is 11.8 Å². The number of hydrogen-bond donors (Lipinski definition) is 1. The molecule has 0 spiro atoms. The molecular weight excluding hydrogens is 418 g/mol. The molecule has 1 aliphatic carbocycles. The zero-order valence-electron chi connectivity index (χ0n) is 18.7. The van der Waals surface area contributed by atoms with Crippen LogP contribution in [0, 0.1) is 18.3 Å². The third-order valence-electron chi connectivity index (χ3n) is 6.26. The van der Waals surface area contributed by atoms with Gasteiger partial charge >= 0.3 is 0 Å². The summed E-state index contributed by atoms with van der Waals surface area (Å²) in [5.74, 6) is 2.32. The Morgan fingerprint density at radius 2 is 1.94 bits per heavy atom. The minimum atomic E-state index is 0.0741. The van der Waals surface area contributed by atoms with E-state index in [0.717, 1.165) is 61.6 Å². The lowest BCUT2D eigenvalue weighted by Crippen LogP contribution is -2.36. The predicted molar refractivity (Wildman–Crippen MR) is 124 cm³/mol. The van der Waals surface area contributed by atoms with Gasteiger partial charge in [0, 0.05) is 37.1 Å². The fourth-order valence-electron chi connectivity index (χ4n) is 4.57. The van der Waals surface area contributed by atoms with Crippen LogP contribution >= 0.6 is 0 Å². The van der Waals surface area contributed by atoms with Crippen molar-refractivity contribution in [1.29, 1.82) is 5.26 Å². The van der Waals surface area contributed by atoms with Crippen molar-refractivity contribution in [2.45, 2.75) is 44.8 Å². The number of aryl methyl sites for hydroxylation is 1. The highest BCUT2D eigenvalue weighted by Gasteiger charge is 2.25. The molecule has 9 nitrogen and oxygen atoms in total. The molecule has 33 heavy (non-hydrogen) atoms. The number of nitrogens with zero attached hydrogens (tertiary/aromatic N) is 6. The number of nitrogens with one attached hydrogen (secondary N) is 1. The minimum absolute atomic E-state index is 0.0741. The van der Waals surface area contributed by atoms with Gasteiger partial charge in [0.15, 0.2) is 5.69 Å². The molecule has 0 radical (unpaired) electrons. The summed E-state index contributed by atoms with van der Waals surface area (Å²) >= 11 is 0. The SMILES string of the molecule is Cc1nccc(N[C@H]2CC[C@@H](Oc3cc(N4CCOCC4)cc4ncnc(C#N)c34)CC2)n1. The number of morpholine rings is 1. The third-order valence-corrected chi connectivity index (χ3v) is 6.26. The molecule has 3 heterocycles. The van der Waals surface area contributed by atoms with Crippen LogP contribution in [-0.2, 0) is 4.74 Å². The van der Waals surface area contributed by atoms with E-state index < -0.39 is 0 Å². The first-order chi connectivity index (χ1) is 16.2. The summed E-state index contributed by atoms with van der Waals surface area (Å²) in [5.41, 5.74) is 2.12. The van der Waals surface area contributed by atoms with Gasteiger partial charge in [0.25, 0.3) is 0 Å². The van der Waals surface area contributed by atoms with Crippen molar-refractivity contribution in [3.63, 3.8) is 0 Å². The van der Waals surface area contributed by atoms with E-state index in [-0.39, 0.29) is 6.10 Å². The van der Waals surface area contributed by atoms with Gasteiger partial charge in [-0.3, -0.25) is 0 Å². The van der Waals surface area contributed by atoms with E-state index in [9.17, 15) is 5.26 Å². The lowest BCUT2D eigenvalue weighted by molar-refractivity contribution is 0.122. The molecule has 0 atom stereocenters. The van der Waals surface area contributed by atoms with Gasteiger partial charge in [-0.1, -0.05) is 0 Å². The molecule has 170 valence electrons. The second-order valence-corrected chi connectivity index (χ2v) is 8.50. The molecule has 0 unspecified atom stereocenters. The van der Waals surface area contributed by atoms with Crippen LogP contribution in [0.5, 0.6) is 5.75 Å². The normalized spacial score (nSPS) is 20.9. The lowest BCUT2D eigenvalue weighted by Gasteiger charge is -2.32. The van der Waals surface area contributed by atoms with Gasteiger partial charge < -0.3 is 19.7 Å². The van der Waals surface area contributed by atoms with Crippen molar-refractivity contribution in [2.24, 2.45) is 0 Å². The zero-order valence-corrected chi connectivity index (χ0v) is 18.7. The Hall–Kier alpha value is -3.51. The molecule has 0 bridgehead atoms. The fraction of sp³-hybridized carbons (Fsp3) is 0.458. The lowest BCUT2D eigenvalue weighted by atomic mass is 9.93. The van der Waals surface area contributed by atoms with E-state index in [1.165, 1.54) is 6.33 Å². The van der Waals surface area contributed by atoms with Gasteiger partial charge in [-0.05, 0) is 44.7 Å². The third kappa shape index (κ3) is 4.81. The van der Waals surface area contributed by atoms with Gasteiger partial charge in [-0.25, -0.2) is 19.9 Å². The highest BCUT2D eigenvalue weighted by Crippen LogP contribution is 2.35. The summed E-state index contributed by atoms with van der Waals surface area (Å²) in [6.45, 7) is 4.93. The van der Waals surface area contributed by atoms with E-state index in [1.807, 2.05) is 25.1 Å². The molecule has 0 amide bonds. The molecule has 9 heteroatoms. The maximum absolute atomic E-state index is 9.64. The number of hydrogen-bond acceptors (Lipinski definition) is 9. The fourth-order valence-corrected chi connectivity index (χ4v) is 4.57. The van der Waals surface area contributed by atoms with Crippen LogP contribution in [0.25, 0.3) is 10.9 Å². The molecule has 5 rings (SSSR count). The standard InChI is InChI=1S/C24H27N7O2/c1-16-26-7-6-23(29-16)30-17-2-4-19(5-3-17)33-22-13-18(31-8-10-32-11-9-31)12-20-24(22)21(14-25)28-15-27-20/h6-7,12-13,15,17,19H,2-5,8-11H2,1H3,(H,26,29,30)/t17-,19+. The topological polar surface area (TPSA) is 109 Å². The number of fused-ring (bicyclic) bond motifs is 1. The van der Waals surface area contributed by atoms with Gasteiger partial charge in [0.1, 0.15) is 29.8 Å². The molecule has 1 saturated carbocycles. The molecule has 1 aliphatic heterocycles. The molecule has 1 saturated heterocycles. The van der Waals surface area contributed by atoms with Crippen LogP contribution in [0.2, 0.25) is 0 Å². The van der Waals surface area contributed by atoms with E-state index in [2.05, 4.69) is 36.2 Å². The molecule has 2 fully saturated rings. The maximum Gasteiger partial charge on any atom is 0.155 e. The molecule has 2 aromatic heterocycles. The molecule has 1 N–H and O–H groups in total. The smallest absolute Gasteiger partial charge is 0.155 e. The largest absolute Gasteiger partial charge is 0.490 e. The van der Waals surface area contributed by atoms with Crippen molar-refractivity contribution >= 4 is 22.4 Å². The van der Waals surface area contributed by atoms with E-state index >= 15 is 0 Å². The summed E-state index contributed by atoms with van der Waals surface area (Å²) < 4.78 is 12.0. The van der Waals surface area contributed by atoms with E-state index in [1.54, 1.807) is 6.20 Å². The van der Waals surface area contributed by atoms with Gasteiger partial charge in [-0.2, -0.15) is 5.26 Å². The number of ether oxygens (including phenoxy) is 2. The van der Waals surface area contributed by atoms with E-state index in [0.29, 0.717) is 36.1 Å². The molecule has 1 aromatic carbocycles. The van der Waals surface area contributed by atoms with Crippen molar-refractivity contribution in [1.82, 2.24) is 19.9 Å². The average molecular weight is 446 g/mol. The zero-order chi connectivity index (χ0) is 22.6. The molecule has 2 aliphatic rings. The monoisotopic (exact) mass is 445 g/mol. The Labute approximate surface area is 192 Å². The van der Waals surface area contributed by atoms with Crippen LogP contribution < -0.4 is 15.0 Å². The first-order valence-corrected chi connectivity index (χ1v) is 11.4. The summed E-state index contributed by atoms with van der Waals surface area (Å²) in [4.78, 5) is 19.5. The van der Waals surface area contributed by atoms with Crippen LogP contribution in [0.4, 0.5) is 11.5 Å². The first kappa shape index (κ1) is 21.3. The van der Waals surface area contributed by atoms with Crippen LogP contribution in [-0.4, -0.2) is 58.4 Å². The maximum atomic E-state index is 9.64. The van der Waals surface area contributed by atoms with Gasteiger partial charge in [0.05, 0.1) is 30.2 Å². The number of aromatic nitrogens is 4. The molecule has 3 aromatic rings. The summed E-state index contributed by atoms with van der Waals surface area (Å²) in [7, 11) is 0. The van der Waals surface area contributed by atoms with Crippen molar-refractivity contribution in [3.05, 3.63) is 42.2 Å². The van der Waals surface area contributed by atoms with Gasteiger partial charge in [-0.15, -0.1) is 0 Å². The summed E-state index contributed by atoms with van der Waals surface area (Å²) in [5, 5.41) is 13.8. The second-order valence-electron chi connectivity index (χ2n) is 8.50. The Bertz CT molecular complexity index is 1170. The second kappa shape index (κ2) is 9.55. The van der Waals surface area contributed by atoms with Crippen molar-refractivity contribution in [2.75, 3.05) is 36.5 Å². The number of benzene rings is 1. The van der Waals surface area contributed by atoms with Gasteiger partial charge in [0.2, 0.25) is 0 Å². The molecular formula is C24H27N7O2.